The Kier molecular flexibility index (Phi) is 8.96. The summed E-state index contributed by atoms with van der Waals surface area (Å²) in [7, 11) is 0. The van der Waals surface area contributed by atoms with Crippen molar-refractivity contribution in [3.63, 3.8) is 0 Å². The van der Waals surface area contributed by atoms with Crippen LogP contribution in [0, 0.1) is 5.82 Å². The summed E-state index contributed by atoms with van der Waals surface area (Å²) in [4.78, 5) is 41.6. The van der Waals surface area contributed by atoms with Gasteiger partial charge in [-0.1, -0.05) is 52.3 Å². The summed E-state index contributed by atoms with van der Waals surface area (Å²) in [5.74, 6) is -1.32. The van der Waals surface area contributed by atoms with Crippen molar-refractivity contribution < 1.29 is 18.8 Å². The summed E-state index contributed by atoms with van der Waals surface area (Å²) in [5.41, 5.74) is 3.01. The SMILES string of the molecule is O=C(Nc1ccc(SCC(=O)N2CCc3ccccc32)cc1)/C(=C/c1cc(Br)ccc1F)NC(=O)c1ccccc1. The number of nitrogens with one attached hydrogen (secondary N) is 2. The lowest BCUT2D eigenvalue weighted by atomic mass is 10.1. The van der Waals surface area contributed by atoms with Crippen molar-refractivity contribution in [2.24, 2.45) is 0 Å². The van der Waals surface area contributed by atoms with Gasteiger partial charge in [0.25, 0.3) is 11.8 Å². The van der Waals surface area contributed by atoms with Gasteiger partial charge in [-0.15, -0.1) is 11.8 Å². The molecule has 5 rings (SSSR count). The molecule has 9 heteroatoms. The zero-order valence-corrected chi connectivity index (χ0v) is 24.2. The Labute approximate surface area is 249 Å². The first-order valence-corrected chi connectivity index (χ1v) is 14.6. The second kappa shape index (κ2) is 13.0. The molecular weight excluding hydrogens is 605 g/mol. The number of thioether (sulfide) groups is 1. The van der Waals surface area contributed by atoms with E-state index in [1.54, 1.807) is 48.5 Å². The Hall–Kier alpha value is -4.21. The highest BCUT2D eigenvalue weighted by Crippen LogP contribution is 2.29. The van der Waals surface area contributed by atoms with Gasteiger partial charge in [-0.05, 0) is 78.7 Å². The van der Waals surface area contributed by atoms with Crippen LogP contribution >= 0.6 is 27.7 Å². The quantitative estimate of drug-likeness (QED) is 0.168. The van der Waals surface area contributed by atoms with Gasteiger partial charge in [0.1, 0.15) is 11.5 Å². The van der Waals surface area contributed by atoms with Gasteiger partial charge in [-0.2, -0.15) is 0 Å². The molecule has 2 N–H and O–H groups in total. The van der Waals surface area contributed by atoms with Crippen LogP contribution in [0.15, 0.2) is 112 Å². The number of benzene rings is 4. The normalized spacial score (nSPS) is 12.5. The smallest absolute Gasteiger partial charge is 0.272 e. The number of nitrogens with zero attached hydrogens (tertiary/aromatic N) is 1. The largest absolute Gasteiger partial charge is 0.321 e. The number of hydrogen-bond donors (Lipinski definition) is 2. The van der Waals surface area contributed by atoms with Crippen LogP contribution in [-0.2, 0) is 16.0 Å². The van der Waals surface area contributed by atoms with E-state index < -0.39 is 17.6 Å². The van der Waals surface area contributed by atoms with Crippen molar-refractivity contribution in [3.8, 4) is 0 Å². The number of anilines is 2. The third-order valence-electron chi connectivity index (χ3n) is 6.45. The van der Waals surface area contributed by atoms with Crippen molar-refractivity contribution in [2.75, 3.05) is 22.5 Å². The average molecular weight is 631 g/mol. The van der Waals surface area contributed by atoms with Gasteiger partial charge >= 0.3 is 0 Å². The molecular formula is C32H25BrFN3O3S. The van der Waals surface area contributed by atoms with Crippen molar-refractivity contribution in [1.29, 1.82) is 0 Å². The van der Waals surface area contributed by atoms with Crippen LogP contribution in [0.2, 0.25) is 0 Å². The molecule has 0 unspecified atom stereocenters. The number of halogens is 2. The first-order valence-electron chi connectivity index (χ1n) is 12.8. The predicted molar refractivity (Wildman–Crippen MR) is 164 cm³/mol. The molecule has 0 spiro atoms. The zero-order valence-electron chi connectivity index (χ0n) is 21.8. The van der Waals surface area contributed by atoms with Crippen LogP contribution in [-0.4, -0.2) is 30.0 Å². The summed E-state index contributed by atoms with van der Waals surface area (Å²) in [5, 5.41) is 5.37. The van der Waals surface area contributed by atoms with Gasteiger partial charge in [-0.3, -0.25) is 14.4 Å². The molecule has 4 aromatic carbocycles. The summed E-state index contributed by atoms with van der Waals surface area (Å²) in [6.45, 7) is 0.685. The highest BCUT2D eigenvalue weighted by Gasteiger charge is 2.24. The Morgan fingerprint density at radius 2 is 1.66 bits per heavy atom. The Morgan fingerprint density at radius 1 is 0.927 bits per heavy atom. The minimum Gasteiger partial charge on any atom is -0.321 e. The maximum Gasteiger partial charge on any atom is 0.272 e. The molecule has 0 fully saturated rings. The lowest BCUT2D eigenvalue weighted by Gasteiger charge is -2.17. The lowest BCUT2D eigenvalue weighted by Crippen LogP contribution is -2.30. The third kappa shape index (κ3) is 7.11. The Balaban J connectivity index is 1.26. The fourth-order valence-corrected chi connectivity index (χ4v) is 5.53. The molecule has 0 saturated heterocycles. The molecule has 41 heavy (non-hydrogen) atoms. The van der Waals surface area contributed by atoms with Gasteiger partial charge in [0.2, 0.25) is 5.91 Å². The highest BCUT2D eigenvalue weighted by molar-refractivity contribution is 9.10. The summed E-state index contributed by atoms with van der Waals surface area (Å²) in [6.07, 6.45) is 2.15. The van der Waals surface area contributed by atoms with E-state index in [1.165, 1.54) is 35.5 Å². The van der Waals surface area contributed by atoms with Crippen LogP contribution < -0.4 is 15.5 Å². The third-order valence-corrected chi connectivity index (χ3v) is 7.94. The average Bonchev–Trinajstić information content (AvgIpc) is 3.43. The van der Waals surface area contributed by atoms with E-state index in [2.05, 4.69) is 26.6 Å². The molecule has 1 aliphatic rings. The van der Waals surface area contributed by atoms with Crippen LogP contribution in [0.1, 0.15) is 21.5 Å². The van der Waals surface area contributed by atoms with E-state index in [0.29, 0.717) is 22.3 Å². The Bertz CT molecular complexity index is 1630. The summed E-state index contributed by atoms with van der Waals surface area (Å²) in [6, 6.07) is 27.8. The number of fused-ring (bicyclic) bond motifs is 1. The van der Waals surface area contributed by atoms with E-state index in [9.17, 15) is 18.8 Å². The van der Waals surface area contributed by atoms with Gasteiger partial charge in [0, 0.05) is 38.4 Å². The maximum atomic E-state index is 14.5. The monoisotopic (exact) mass is 629 g/mol. The van der Waals surface area contributed by atoms with E-state index in [4.69, 9.17) is 0 Å². The molecule has 0 radical (unpaired) electrons. The number of carbonyl (C=O) groups excluding carboxylic acids is 3. The van der Waals surface area contributed by atoms with E-state index in [-0.39, 0.29) is 22.9 Å². The van der Waals surface area contributed by atoms with Crippen LogP contribution in [0.25, 0.3) is 6.08 Å². The molecule has 0 aliphatic carbocycles. The molecule has 6 nitrogen and oxygen atoms in total. The number of amides is 3. The van der Waals surface area contributed by atoms with Crippen molar-refractivity contribution in [1.82, 2.24) is 5.32 Å². The molecule has 1 heterocycles. The first-order chi connectivity index (χ1) is 19.9. The molecule has 0 atom stereocenters. The molecule has 4 aromatic rings. The summed E-state index contributed by atoms with van der Waals surface area (Å²) >= 11 is 4.73. The van der Waals surface area contributed by atoms with Crippen LogP contribution in [0.3, 0.4) is 0 Å². The van der Waals surface area contributed by atoms with Crippen LogP contribution in [0.5, 0.6) is 0 Å². The van der Waals surface area contributed by atoms with Crippen molar-refractivity contribution >= 4 is 62.9 Å². The number of carbonyl (C=O) groups is 3. The first kappa shape index (κ1) is 28.3. The predicted octanol–water partition coefficient (Wildman–Crippen LogP) is 6.68. The number of hydrogen-bond acceptors (Lipinski definition) is 4. The second-order valence-corrected chi connectivity index (χ2v) is 11.2. The van der Waals surface area contributed by atoms with E-state index in [1.807, 2.05) is 41.3 Å². The second-order valence-electron chi connectivity index (χ2n) is 9.24. The molecule has 0 bridgehead atoms. The molecule has 1 aliphatic heterocycles. The minimum absolute atomic E-state index is 0.0426. The molecule has 206 valence electrons. The summed E-state index contributed by atoms with van der Waals surface area (Å²) < 4.78 is 15.1. The molecule has 0 saturated carbocycles. The van der Waals surface area contributed by atoms with Gasteiger partial charge in [0.15, 0.2) is 0 Å². The van der Waals surface area contributed by atoms with E-state index >= 15 is 0 Å². The van der Waals surface area contributed by atoms with E-state index in [0.717, 1.165) is 17.0 Å². The van der Waals surface area contributed by atoms with Crippen molar-refractivity contribution in [3.05, 3.63) is 130 Å². The van der Waals surface area contributed by atoms with Gasteiger partial charge in [0.05, 0.1) is 5.75 Å². The zero-order chi connectivity index (χ0) is 28.8. The van der Waals surface area contributed by atoms with Crippen LogP contribution in [0.4, 0.5) is 15.8 Å². The minimum atomic E-state index is -0.614. The van der Waals surface area contributed by atoms with Gasteiger partial charge in [-0.25, -0.2) is 4.39 Å². The Morgan fingerprint density at radius 3 is 2.44 bits per heavy atom. The highest BCUT2D eigenvalue weighted by atomic mass is 79.9. The topological polar surface area (TPSA) is 78.5 Å². The fourth-order valence-electron chi connectivity index (χ4n) is 4.38. The molecule has 3 amide bonds. The number of para-hydroxylation sites is 1. The van der Waals surface area contributed by atoms with Gasteiger partial charge < -0.3 is 15.5 Å². The van der Waals surface area contributed by atoms with Crippen molar-refractivity contribution in [2.45, 2.75) is 11.3 Å². The maximum absolute atomic E-state index is 14.5. The lowest BCUT2D eigenvalue weighted by molar-refractivity contribution is -0.116. The fraction of sp³-hybridized carbons (Fsp3) is 0.0938. The standard InChI is InChI=1S/C32H25BrFN3O3S/c33-24-10-15-27(34)23(18-24)19-28(36-31(39)22-7-2-1-3-8-22)32(40)35-25-11-13-26(14-12-25)41-20-30(38)37-17-16-21-6-4-5-9-29(21)37/h1-15,18-19H,16-17,20H2,(H,35,40)(H,36,39)/b28-19-. The number of rotatable bonds is 8. The molecule has 0 aromatic heterocycles.